The van der Waals surface area contributed by atoms with Crippen LogP contribution in [0.2, 0.25) is 0 Å². The normalized spacial score (nSPS) is 23.1. The third-order valence-corrected chi connectivity index (χ3v) is 4.71. The zero-order chi connectivity index (χ0) is 15.2. The fraction of sp³-hybridized carbons (Fsp3) is 0.750. The van der Waals surface area contributed by atoms with Gasteiger partial charge in [0.1, 0.15) is 6.04 Å². The summed E-state index contributed by atoms with van der Waals surface area (Å²) in [6.45, 7) is 2.53. The van der Waals surface area contributed by atoms with Gasteiger partial charge in [-0.1, -0.05) is 0 Å². The van der Waals surface area contributed by atoms with E-state index in [4.69, 9.17) is 10.2 Å². The number of amides is 2. The molecule has 2 amide bonds. The highest BCUT2D eigenvalue weighted by molar-refractivity contribution is 8.00. The molecule has 1 heterocycles. The average Bonchev–Trinajstić information content (AvgIpc) is 2.79. The Kier molecular flexibility index (Phi) is 6.12. The number of rotatable bonds is 7. The molecule has 0 spiro atoms. The molecule has 0 aromatic rings. The van der Waals surface area contributed by atoms with E-state index in [1.807, 2.05) is 0 Å². The fourth-order valence-electron chi connectivity index (χ4n) is 1.98. The molecule has 1 fully saturated rings. The van der Waals surface area contributed by atoms with Gasteiger partial charge in [0.2, 0.25) is 0 Å². The van der Waals surface area contributed by atoms with Gasteiger partial charge in [0.05, 0.1) is 0 Å². The standard InChI is InChI=1S/C12H20N2O5S/c1-12(5-2-6-20-12)7-13-11(19)14-8(10(17)18)3-4-9(15)16/h8H,2-7H2,1H3,(H,15,16)(H,17,18)(H2,13,14,19). The van der Waals surface area contributed by atoms with Crippen LogP contribution < -0.4 is 10.6 Å². The monoisotopic (exact) mass is 304 g/mol. The van der Waals surface area contributed by atoms with Crippen molar-refractivity contribution in [3.8, 4) is 0 Å². The van der Waals surface area contributed by atoms with Crippen LogP contribution in [-0.4, -0.2) is 51.3 Å². The van der Waals surface area contributed by atoms with Crippen LogP contribution in [0.15, 0.2) is 0 Å². The summed E-state index contributed by atoms with van der Waals surface area (Å²) in [6, 6.07) is -1.76. The van der Waals surface area contributed by atoms with E-state index in [2.05, 4.69) is 17.6 Å². The Morgan fingerprint density at radius 2 is 2.05 bits per heavy atom. The number of aliphatic carboxylic acids is 2. The van der Waals surface area contributed by atoms with Gasteiger partial charge in [0.25, 0.3) is 0 Å². The minimum absolute atomic E-state index is 0.00285. The van der Waals surface area contributed by atoms with Crippen molar-refractivity contribution in [1.82, 2.24) is 10.6 Å². The Balaban J connectivity index is 2.37. The van der Waals surface area contributed by atoms with Gasteiger partial charge in [0, 0.05) is 17.7 Å². The van der Waals surface area contributed by atoms with Gasteiger partial charge in [-0.15, -0.1) is 0 Å². The predicted octanol–water partition coefficient (Wildman–Crippen LogP) is 0.889. The minimum atomic E-state index is -1.23. The van der Waals surface area contributed by atoms with E-state index in [-0.39, 0.29) is 17.6 Å². The SMILES string of the molecule is CC1(CNC(=O)NC(CCC(=O)O)C(=O)O)CCCS1. The molecule has 0 radical (unpaired) electrons. The van der Waals surface area contributed by atoms with Crippen molar-refractivity contribution in [3.05, 3.63) is 0 Å². The molecule has 20 heavy (non-hydrogen) atoms. The topological polar surface area (TPSA) is 116 Å². The van der Waals surface area contributed by atoms with Crippen LogP contribution in [0.5, 0.6) is 0 Å². The molecule has 8 heteroatoms. The number of thioether (sulfide) groups is 1. The zero-order valence-electron chi connectivity index (χ0n) is 11.3. The third kappa shape index (κ3) is 5.68. The molecule has 114 valence electrons. The molecule has 0 saturated carbocycles. The Bertz CT molecular complexity index is 382. The third-order valence-electron chi connectivity index (χ3n) is 3.17. The average molecular weight is 304 g/mol. The van der Waals surface area contributed by atoms with Crippen LogP contribution >= 0.6 is 11.8 Å². The molecule has 0 aromatic carbocycles. The molecular formula is C12H20N2O5S. The first-order valence-corrected chi connectivity index (χ1v) is 7.44. The zero-order valence-corrected chi connectivity index (χ0v) is 12.2. The number of carbonyl (C=O) groups is 3. The molecule has 1 aliphatic heterocycles. The summed E-state index contributed by atoms with van der Waals surface area (Å²) in [5.74, 6) is -1.26. The molecule has 2 unspecified atom stereocenters. The molecule has 0 aromatic heterocycles. The van der Waals surface area contributed by atoms with Crippen LogP contribution in [0.1, 0.15) is 32.6 Å². The van der Waals surface area contributed by atoms with Crippen molar-refractivity contribution in [2.24, 2.45) is 0 Å². The first-order valence-electron chi connectivity index (χ1n) is 6.45. The Labute approximate surface area is 121 Å². The number of urea groups is 1. The fourth-order valence-corrected chi connectivity index (χ4v) is 3.22. The van der Waals surface area contributed by atoms with Crippen molar-refractivity contribution >= 4 is 29.7 Å². The number of hydrogen-bond donors (Lipinski definition) is 4. The van der Waals surface area contributed by atoms with E-state index in [0.29, 0.717) is 6.54 Å². The highest BCUT2D eigenvalue weighted by Gasteiger charge is 2.30. The van der Waals surface area contributed by atoms with E-state index in [9.17, 15) is 14.4 Å². The van der Waals surface area contributed by atoms with Crippen molar-refractivity contribution in [2.45, 2.75) is 43.4 Å². The van der Waals surface area contributed by atoms with Gasteiger partial charge in [0.15, 0.2) is 0 Å². The molecule has 1 aliphatic rings. The summed E-state index contributed by atoms with van der Waals surface area (Å²) >= 11 is 1.79. The molecular weight excluding hydrogens is 284 g/mol. The van der Waals surface area contributed by atoms with E-state index in [1.54, 1.807) is 11.8 Å². The van der Waals surface area contributed by atoms with Crippen LogP contribution in [0.3, 0.4) is 0 Å². The molecule has 4 N–H and O–H groups in total. The van der Waals surface area contributed by atoms with Gasteiger partial charge < -0.3 is 20.8 Å². The Morgan fingerprint density at radius 3 is 2.55 bits per heavy atom. The lowest BCUT2D eigenvalue weighted by atomic mass is 10.1. The van der Waals surface area contributed by atoms with Gasteiger partial charge in [-0.3, -0.25) is 4.79 Å². The number of carboxylic acids is 2. The summed E-state index contributed by atoms with van der Waals surface area (Å²) < 4.78 is -0.00285. The quantitative estimate of drug-likeness (QED) is 0.555. The Morgan fingerprint density at radius 1 is 1.35 bits per heavy atom. The summed E-state index contributed by atoms with van der Waals surface area (Å²) in [5, 5.41) is 22.4. The maximum absolute atomic E-state index is 11.7. The minimum Gasteiger partial charge on any atom is -0.481 e. The molecule has 1 rings (SSSR count). The second-order valence-electron chi connectivity index (χ2n) is 5.05. The predicted molar refractivity (Wildman–Crippen MR) is 74.9 cm³/mol. The van der Waals surface area contributed by atoms with Crippen LogP contribution in [0.25, 0.3) is 0 Å². The van der Waals surface area contributed by atoms with Gasteiger partial charge >= 0.3 is 18.0 Å². The van der Waals surface area contributed by atoms with Gasteiger partial charge in [-0.25, -0.2) is 9.59 Å². The molecule has 7 nitrogen and oxygen atoms in total. The van der Waals surface area contributed by atoms with E-state index in [1.165, 1.54) is 0 Å². The number of carbonyl (C=O) groups excluding carboxylic acids is 1. The smallest absolute Gasteiger partial charge is 0.326 e. The van der Waals surface area contributed by atoms with Gasteiger partial charge in [-0.05, 0) is 31.9 Å². The first-order chi connectivity index (χ1) is 9.32. The Hall–Kier alpha value is -1.44. The molecule has 2 atom stereocenters. The number of carboxylic acid groups (broad SMARTS) is 2. The highest BCUT2D eigenvalue weighted by atomic mass is 32.2. The van der Waals surface area contributed by atoms with Crippen molar-refractivity contribution in [1.29, 1.82) is 0 Å². The summed E-state index contributed by atoms with van der Waals surface area (Å²) in [6.07, 6.45) is 1.69. The lowest BCUT2D eigenvalue weighted by Gasteiger charge is -2.23. The maximum atomic E-state index is 11.7. The maximum Gasteiger partial charge on any atom is 0.326 e. The second-order valence-corrected chi connectivity index (χ2v) is 6.73. The largest absolute Gasteiger partial charge is 0.481 e. The summed E-state index contributed by atoms with van der Waals surface area (Å²) in [7, 11) is 0. The van der Waals surface area contributed by atoms with E-state index < -0.39 is 24.0 Å². The van der Waals surface area contributed by atoms with Crippen molar-refractivity contribution in [3.63, 3.8) is 0 Å². The summed E-state index contributed by atoms with van der Waals surface area (Å²) in [5.41, 5.74) is 0. The van der Waals surface area contributed by atoms with Crippen LogP contribution in [0.4, 0.5) is 4.79 Å². The first kappa shape index (κ1) is 16.6. The lowest BCUT2D eigenvalue weighted by Crippen LogP contribution is -2.48. The van der Waals surface area contributed by atoms with Crippen molar-refractivity contribution in [2.75, 3.05) is 12.3 Å². The van der Waals surface area contributed by atoms with E-state index >= 15 is 0 Å². The van der Waals surface area contributed by atoms with Crippen LogP contribution in [0, 0.1) is 0 Å². The molecule has 0 bridgehead atoms. The highest BCUT2D eigenvalue weighted by Crippen LogP contribution is 2.36. The lowest BCUT2D eigenvalue weighted by molar-refractivity contribution is -0.140. The van der Waals surface area contributed by atoms with E-state index in [0.717, 1.165) is 18.6 Å². The van der Waals surface area contributed by atoms with Crippen LogP contribution in [-0.2, 0) is 9.59 Å². The number of hydrogen-bond acceptors (Lipinski definition) is 4. The van der Waals surface area contributed by atoms with Gasteiger partial charge in [-0.2, -0.15) is 11.8 Å². The van der Waals surface area contributed by atoms with Crippen molar-refractivity contribution < 1.29 is 24.6 Å². The number of nitrogens with one attached hydrogen (secondary N) is 2. The molecule has 0 aliphatic carbocycles. The molecule has 1 saturated heterocycles. The second kappa shape index (κ2) is 7.37. The summed E-state index contributed by atoms with van der Waals surface area (Å²) in [4.78, 5) is 33.0.